The molecule has 2 N–H and O–H groups in total. The predicted octanol–water partition coefficient (Wildman–Crippen LogP) is -4.07. The van der Waals surface area contributed by atoms with E-state index < -0.39 is 24.1 Å². The van der Waals surface area contributed by atoms with Gasteiger partial charge in [-0.05, 0) is 0 Å². The second-order valence-corrected chi connectivity index (χ2v) is 1.65. The van der Waals surface area contributed by atoms with E-state index in [0.29, 0.717) is 0 Å². The molecule has 1 aliphatic heterocycles. The normalized spacial score (nSPS) is 28.4. The third kappa shape index (κ3) is 2.29. The van der Waals surface area contributed by atoms with E-state index in [1.165, 1.54) is 0 Å². The van der Waals surface area contributed by atoms with E-state index in [9.17, 15) is 9.59 Å². The monoisotopic (exact) mass is 171 g/mol. The smallest absolute Gasteiger partial charge is 0.479 e. The van der Waals surface area contributed by atoms with Gasteiger partial charge in [0.15, 0.2) is 12.2 Å². The van der Waals surface area contributed by atoms with Crippen LogP contribution in [0.15, 0.2) is 0 Å². The molecule has 1 saturated heterocycles. The molecule has 50 valence electrons. The molecule has 0 aromatic rings. The van der Waals surface area contributed by atoms with Crippen LogP contribution in [0.1, 0.15) is 0 Å². The first-order chi connectivity index (χ1) is 4.13. The topological polar surface area (TPSA) is 87.1 Å². The Kier molecular flexibility index (Phi) is 4.00. The Bertz CT molecular complexity index is 149. The molecular weight excluding hydrogens is 167 g/mol. The Labute approximate surface area is 98.8 Å². The van der Waals surface area contributed by atoms with E-state index >= 15 is 0 Å². The molecule has 1 fully saturated rings. The van der Waals surface area contributed by atoms with Crippen molar-refractivity contribution in [2.75, 3.05) is 0 Å². The van der Waals surface area contributed by atoms with E-state index in [2.05, 4.69) is 4.74 Å². The van der Waals surface area contributed by atoms with Gasteiger partial charge < -0.3 is 14.9 Å². The number of aliphatic carboxylic acids is 2. The molecule has 0 aromatic carbocycles. The van der Waals surface area contributed by atoms with Gasteiger partial charge in [0.25, 0.3) is 0 Å². The number of carboxylic acid groups (broad SMARTS) is 2. The molecule has 0 amide bonds. The molecule has 6 heteroatoms. The molecule has 0 saturated carbocycles. The Morgan fingerprint density at radius 1 is 1.10 bits per heavy atom. The minimum Gasteiger partial charge on any atom is -0.479 e. The van der Waals surface area contributed by atoms with Gasteiger partial charge in [-0.2, -0.15) is 0 Å². The van der Waals surface area contributed by atoms with Crippen molar-refractivity contribution >= 4 is 11.9 Å². The van der Waals surface area contributed by atoms with Gasteiger partial charge in [0.05, 0.1) is 0 Å². The largest absolute Gasteiger partial charge is 1.00 e. The van der Waals surface area contributed by atoms with Crippen LogP contribution in [0.3, 0.4) is 0 Å². The summed E-state index contributed by atoms with van der Waals surface area (Å²) in [6.45, 7) is 0. The summed E-state index contributed by atoms with van der Waals surface area (Å²) >= 11 is 0. The first-order valence-electron chi connectivity index (χ1n) is 2.24. The fourth-order valence-electron chi connectivity index (χ4n) is 0.488. The number of ether oxygens (including phenoxy) is 1. The first kappa shape index (κ1) is 10.5. The summed E-state index contributed by atoms with van der Waals surface area (Å²) < 4.78 is 4.24. The van der Waals surface area contributed by atoms with Crippen LogP contribution in [-0.4, -0.2) is 34.4 Å². The molecule has 0 unspecified atom stereocenters. The van der Waals surface area contributed by atoms with Crippen molar-refractivity contribution in [3.8, 4) is 0 Å². The van der Waals surface area contributed by atoms with Crippen LogP contribution in [0.25, 0.3) is 0 Å². The summed E-state index contributed by atoms with van der Waals surface area (Å²) in [7, 11) is 0. The molecule has 0 aromatic heterocycles. The average Bonchev–Trinajstić information content (AvgIpc) is 2.39. The van der Waals surface area contributed by atoms with Crippen molar-refractivity contribution in [1.29, 1.82) is 0 Å². The molecule has 1 aliphatic rings. The van der Waals surface area contributed by atoms with Crippen LogP contribution in [0.5, 0.6) is 0 Å². The van der Waals surface area contributed by atoms with Crippen molar-refractivity contribution < 1.29 is 75.9 Å². The maximum absolute atomic E-state index is 9.89. The SMILES string of the molecule is O=C(O)[C@H]1O[C@@H]1C(=O)O.[K+]. The molecule has 0 spiro atoms. The van der Waals surface area contributed by atoms with Gasteiger partial charge in [-0.1, -0.05) is 0 Å². The third-order valence-electron chi connectivity index (χ3n) is 0.978. The van der Waals surface area contributed by atoms with Crippen LogP contribution in [0, 0.1) is 0 Å². The molecule has 0 radical (unpaired) electrons. The van der Waals surface area contributed by atoms with Gasteiger partial charge in [-0.3, -0.25) is 0 Å². The number of epoxide rings is 1. The van der Waals surface area contributed by atoms with Crippen molar-refractivity contribution in [1.82, 2.24) is 0 Å². The van der Waals surface area contributed by atoms with E-state index in [0.717, 1.165) is 0 Å². The van der Waals surface area contributed by atoms with Crippen LogP contribution in [0.2, 0.25) is 0 Å². The Morgan fingerprint density at radius 2 is 1.40 bits per heavy atom. The van der Waals surface area contributed by atoms with Gasteiger partial charge in [0.1, 0.15) is 0 Å². The van der Waals surface area contributed by atoms with Crippen molar-refractivity contribution in [3.05, 3.63) is 0 Å². The molecule has 1 heterocycles. The third-order valence-corrected chi connectivity index (χ3v) is 0.978. The number of carboxylic acids is 2. The second kappa shape index (κ2) is 3.79. The number of hydrogen-bond donors (Lipinski definition) is 2. The Balaban J connectivity index is 0.000000810. The summed E-state index contributed by atoms with van der Waals surface area (Å²) in [5, 5.41) is 16.2. The van der Waals surface area contributed by atoms with Crippen molar-refractivity contribution in [3.63, 3.8) is 0 Å². The summed E-state index contributed by atoms with van der Waals surface area (Å²) in [5.41, 5.74) is 0. The maximum Gasteiger partial charge on any atom is 1.00 e. The molecular formula is C4H4KO5+. The van der Waals surface area contributed by atoms with Gasteiger partial charge in [0.2, 0.25) is 0 Å². The van der Waals surface area contributed by atoms with Crippen molar-refractivity contribution in [2.45, 2.75) is 12.2 Å². The van der Waals surface area contributed by atoms with Gasteiger partial charge >= 0.3 is 63.3 Å². The summed E-state index contributed by atoms with van der Waals surface area (Å²) in [6.07, 6.45) is -2.25. The Morgan fingerprint density at radius 3 is 1.50 bits per heavy atom. The van der Waals surface area contributed by atoms with Gasteiger partial charge in [0, 0.05) is 0 Å². The number of hydrogen-bond acceptors (Lipinski definition) is 3. The van der Waals surface area contributed by atoms with Gasteiger partial charge in [-0.15, -0.1) is 0 Å². The first-order valence-corrected chi connectivity index (χ1v) is 2.24. The quantitative estimate of drug-likeness (QED) is 0.326. The average molecular weight is 171 g/mol. The number of carbonyl (C=O) groups is 2. The van der Waals surface area contributed by atoms with Crippen LogP contribution in [-0.2, 0) is 14.3 Å². The fourth-order valence-corrected chi connectivity index (χ4v) is 0.488. The maximum atomic E-state index is 9.89. The molecule has 0 bridgehead atoms. The van der Waals surface area contributed by atoms with E-state index in [-0.39, 0.29) is 51.4 Å². The van der Waals surface area contributed by atoms with Crippen LogP contribution >= 0.6 is 0 Å². The molecule has 10 heavy (non-hydrogen) atoms. The van der Waals surface area contributed by atoms with E-state index in [1.807, 2.05) is 0 Å². The molecule has 5 nitrogen and oxygen atoms in total. The molecule has 2 atom stereocenters. The van der Waals surface area contributed by atoms with Crippen LogP contribution in [0.4, 0.5) is 0 Å². The second-order valence-electron chi connectivity index (χ2n) is 1.65. The Hall–Kier alpha value is 0.536. The summed E-state index contributed by atoms with van der Waals surface area (Å²) in [4.78, 5) is 19.8. The van der Waals surface area contributed by atoms with E-state index in [4.69, 9.17) is 10.2 Å². The minimum absolute atomic E-state index is 0. The zero-order valence-corrected chi connectivity index (χ0v) is 8.40. The fraction of sp³-hybridized carbons (Fsp3) is 0.500. The van der Waals surface area contributed by atoms with Crippen molar-refractivity contribution in [2.24, 2.45) is 0 Å². The molecule has 0 aliphatic carbocycles. The zero-order chi connectivity index (χ0) is 7.02. The van der Waals surface area contributed by atoms with E-state index in [1.54, 1.807) is 0 Å². The van der Waals surface area contributed by atoms with Gasteiger partial charge in [-0.25, -0.2) is 9.59 Å². The zero-order valence-electron chi connectivity index (χ0n) is 5.27. The summed E-state index contributed by atoms with van der Waals surface area (Å²) in [5.74, 6) is -2.44. The standard InChI is InChI=1S/C4H4O5.K/c5-3(6)1-2(9-1)4(7)8;/h1-2H,(H,5,6)(H,7,8);/q;+1/t1-,2-;/m0./s1. The summed E-state index contributed by atoms with van der Waals surface area (Å²) in [6, 6.07) is 0. The molecule has 1 rings (SSSR count). The number of rotatable bonds is 2. The minimum atomic E-state index is -1.22. The predicted molar refractivity (Wildman–Crippen MR) is 23.9 cm³/mol. The van der Waals surface area contributed by atoms with Crippen LogP contribution < -0.4 is 51.4 Å².